The van der Waals surface area contributed by atoms with Gasteiger partial charge in [0.2, 0.25) is 0 Å². The molecule has 5 nitrogen and oxygen atoms in total. The molecule has 5 heteroatoms. The Morgan fingerprint density at radius 1 is 1.00 bits per heavy atom. The van der Waals surface area contributed by atoms with E-state index in [0.717, 1.165) is 27.9 Å². The van der Waals surface area contributed by atoms with E-state index in [1.165, 1.54) is 12.1 Å². The van der Waals surface area contributed by atoms with Crippen LogP contribution in [-0.4, -0.2) is 16.0 Å². The van der Waals surface area contributed by atoms with Crippen LogP contribution >= 0.6 is 0 Å². The fourth-order valence-electron chi connectivity index (χ4n) is 2.53. The van der Waals surface area contributed by atoms with Crippen LogP contribution in [0.5, 0.6) is 0 Å². The highest BCUT2D eigenvalue weighted by molar-refractivity contribution is 6.06. The highest BCUT2D eigenvalue weighted by atomic mass is 16.6. The molecule has 114 valence electrons. The van der Waals surface area contributed by atoms with Gasteiger partial charge in [-0.05, 0) is 44.4 Å². The number of carbonyl (C=O) groups is 1. The van der Waals surface area contributed by atoms with Crippen LogP contribution in [0.15, 0.2) is 30.3 Å². The molecule has 0 spiro atoms. The van der Waals surface area contributed by atoms with Gasteiger partial charge < -0.3 is 5.32 Å². The zero-order valence-corrected chi connectivity index (χ0v) is 13.1. The molecule has 0 saturated carbocycles. The van der Waals surface area contributed by atoms with Crippen LogP contribution in [0.25, 0.3) is 0 Å². The summed E-state index contributed by atoms with van der Waals surface area (Å²) in [7, 11) is 0. The molecule has 0 aromatic heterocycles. The van der Waals surface area contributed by atoms with Crippen molar-refractivity contribution in [1.29, 1.82) is 0 Å². The number of aryl methyl sites for hydroxylation is 4. The highest BCUT2D eigenvalue weighted by Crippen LogP contribution is 2.24. The van der Waals surface area contributed by atoms with Crippen molar-refractivity contribution in [2.75, 3.05) is 5.32 Å². The Morgan fingerprint density at radius 3 is 2.14 bits per heavy atom. The zero-order valence-electron chi connectivity index (χ0n) is 13.1. The van der Waals surface area contributed by atoms with Gasteiger partial charge in [0.05, 0.1) is 4.91 Å². The second kappa shape index (κ2) is 5.97. The second-order valence-corrected chi connectivity index (χ2v) is 5.50. The van der Waals surface area contributed by atoms with E-state index in [4.69, 9.17) is 5.21 Å². The minimum absolute atomic E-state index is 0.0214. The molecule has 2 N–H and O–H groups in total. The predicted molar refractivity (Wildman–Crippen MR) is 84.9 cm³/mol. The van der Waals surface area contributed by atoms with Crippen LogP contribution in [0.3, 0.4) is 0 Å². The standard InChI is InChI=1S/C17H18N2O3/c1-10-7-12(3)16(13(4)8-10)18-17(20)15-9-14(19(21)22)6-5-11(15)2/h5-9H,1-4H3,(H-,18,20,21,22)/p+1. The lowest BCUT2D eigenvalue weighted by atomic mass is 10.0. The SMILES string of the molecule is Cc1cc(C)c(NC(=O)c2cc([N+](=O)O)ccc2C)c(C)c1. The number of carbonyl (C=O) groups excluding carboxylic acids is 1. The van der Waals surface area contributed by atoms with E-state index in [-0.39, 0.29) is 16.5 Å². The Labute approximate surface area is 129 Å². The molecule has 1 amide bonds. The number of nitrogens with one attached hydrogen (secondary N) is 1. The summed E-state index contributed by atoms with van der Waals surface area (Å²) < 4.78 is 0. The van der Waals surface area contributed by atoms with Gasteiger partial charge in [-0.2, -0.15) is 0 Å². The van der Waals surface area contributed by atoms with Gasteiger partial charge in [-0.3, -0.25) is 4.79 Å². The van der Waals surface area contributed by atoms with Crippen molar-refractivity contribution < 1.29 is 14.9 Å². The van der Waals surface area contributed by atoms with E-state index in [0.29, 0.717) is 5.56 Å². The Kier molecular flexibility index (Phi) is 4.26. The Morgan fingerprint density at radius 2 is 1.59 bits per heavy atom. The normalized spacial score (nSPS) is 10.4. The summed E-state index contributed by atoms with van der Waals surface area (Å²) in [6, 6.07) is 8.45. The Hall–Kier alpha value is -2.69. The molecule has 0 aliphatic carbocycles. The van der Waals surface area contributed by atoms with E-state index >= 15 is 0 Å². The zero-order chi connectivity index (χ0) is 16.4. The molecule has 0 fully saturated rings. The third-order valence-electron chi connectivity index (χ3n) is 3.60. The summed E-state index contributed by atoms with van der Waals surface area (Å²) in [5.41, 5.74) is 4.96. The summed E-state index contributed by atoms with van der Waals surface area (Å²) in [6.07, 6.45) is 0. The third kappa shape index (κ3) is 3.14. The van der Waals surface area contributed by atoms with E-state index < -0.39 is 0 Å². The lowest BCUT2D eigenvalue weighted by molar-refractivity contribution is -0.729. The molecule has 0 heterocycles. The fraction of sp³-hybridized carbons (Fsp3) is 0.235. The van der Waals surface area contributed by atoms with Crippen molar-refractivity contribution in [2.24, 2.45) is 0 Å². The smallest absolute Gasteiger partial charge is 0.317 e. The monoisotopic (exact) mass is 299 g/mol. The largest absolute Gasteiger partial charge is 0.321 e. The van der Waals surface area contributed by atoms with Gasteiger partial charge in [-0.25, -0.2) is 5.21 Å². The molecule has 0 aliphatic heterocycles. The van der Waals surface area contributed by atoms with Gasteiger partial charge in [-0.15, -0.1) is 0 Å². The number of amides is 1. The number of hydrogen-bond acceptors (Lipinski definition) is 2. The van der Waals surface area contributed by atoms with Gasteiger partial charge >= 0.3 is 5.69 Å². The molecule has 0 radical (unpaired) electrons. The minimum atomic E-state index is -0.309. The topological polar surface area (TPSA) is 69.4 Å². The first-order valence-corrected chi connectivity index (χ1v) is 6.95. The average molecular weight is 299 g/mol. The minimum Gasteiger partial charge on any atom is -0.321 e. The van der Waals surface area contributed by atoms with Gasteiger partial charge in [0.1, 0.15) is 0 Å². The van der Waals surface area contributed by atoms with Crippen LogP contribution < -0.4 is 5.32 Å². The van der Waals surface area contributed by atoms with Gasteiger partial charge in [0.15, 0.2) is 0 Å². The summed E-state index contributed by atoms with van der Waals surface area (Å²) in [5, 5.41) is 11.9. The summed E-state index contributed by atoms with van der Waals surface area (Å²) >= 11 is 0. The first kappa shape index (κ1) is 15.7. The van der Waals surface area contributed by atoms with Crippen molar-refractivity contribution in [3.8, 4) is 0 Å². The first-order valence-electron chi connectivity index (χ1n) is 6.95. The molecular weight excluding hydrogens is 280 g/mol. The number of benzene rings is 2. The summed E-state index contributed by atoms with van der Waals surface area (Å²) in [4.78, 5) is 23.2. The molecule has 2 aromatic rings. The van der Waals surface area contributed by atoms with Crippen molar-refractivity contribution in [3.05, 3.63) is 63.1 Å². The summed E-state index contributed by atoms with van der Waals surface area (Å²) in [5.74, 6) is -0.309. The molecule has 2 rings (SSSR count). The number of rotatable bonds is 3. The maximum absolute atomic E-state index is 12.5. The number of hydrogen-bond donors (Lipinski definition) is 2. The van der Waals surface area contributed by atoms with Crippen molar-refractivity contribution in [1.82, 2.24) is 0 Å². The van der Waals surface area contributed by atoms with Crippen molar-refractivity contribution in [3.63, 3.8) is 0 Å². The first-order chi connectivity index (χ1) is 10.3. The average Bonchev–Trinajstić information content (AvgIpc) is 2.42. The molecule has 0 atom stereocenters. The van der Waals surface area contributed by atoms with E-state index in [1.54, 1.807) is 13.0 Å². The molecule has 0 bridgehead atoms. The quantitative estimate of drug-likeness (QED) is 0.842. The molecule has 22 heavy (non-hydrogen) atoms. The van der Waals surface area contributed by atoms with Crippen molar-refractivity contribution >= 4 is 17.3 Å². The lowest BCUT2D eigenvalue weighted by Gasteiger charge is -2.13. The summed E-state index contributed by atoms with van der Waals surface area (Å²) in [6.45, 7) is 7.65. The fourth-order valence-corrected chi connectivity index (χ4v) is 2.53. The maximum atomic E-state index is 12.5. The van der Waals surface area contributed by atoms with E-state index in [9.17, 15) is 9.70 Å². The molecule has 0 aliphatic rings. The van der Waals surface area contributed by atoms with Crippen LogP contribution in [0.2, 0.25) is 0 Å². The van der Waals surface area contributed by atoms with E-state index in [1.807, 2.05) is 32.9 Å². The van der Waals surface area contributed by atoms with Crippen LogP contribution in [0, 0.1) is 32.6 Å². The Bertz CT molecular complexity index is 743. The lowest BCUT2D eigenvalue weighted by Crippen LogP contribution is -2.15. The second-order valence-electron chi connectivity index (χ2n) is 5.50. The van der Waals surface area contributed by atoms with Crippen LogP contribution in [0.1, 0.15) is 32.6 Å². The predicted octanol–water partition coefficient (Wildman–Crippen LogP) is 3.97. The van der Waals surface area contributed by atoms with Crippen LogP contribution in [0.4, 0.5) is 11.4 Å². The van der Waals surface area contributed by atoms with Crippen LogP contribution in [-0.2, 0) is 0 Å². The Balaban J connectivity index is 2.38. The van der Waals surface area contributed by atoms with Gasteiger partial charge in [-0.1, -0.05) is 23.8 Å². The van der Waals surface area contributed by atoms with Crippen molar-refractivity contribution in [2.45, 2.75) is 27.7 Å². The van der Waals surface area contributed by atoms with E-state index in [2.05, 4.69) is 5.32 Å². The molecular formula is C17H19N2O3+. The molecule has 2 aromatic carbocycles. The van der Waals surface area contributed by atoms with Gasteiger partial charge in [0.25, 0.3) is 10.8 Å². The maximum Gasteiger partial charge on any atom is 0.317 e. The van der Waals surface area contributed by atoms with Gasteiger partial charge in [0, 0.05) is 23.4 Å². The number of nitrogens with zero attached hydrogens (tertiary/aromatic N) is 1. The molecule has 0 saturated heterocycles. The number of anilines is 1. The molecule has 0 unspecified atom stereocenters. The highest BCUT2D eigenvalue weighted by Gasteiger charge is 2.18. The third-order valence-corrected chi connectivity index (χ3v) is 3.60.